The Morgan fingerprint density at radius 2 is 2.08 bits per heavy atom. The molecule has 1 saturated heterocycles. The molecule has 0 radical (unpaired) electrons. The van der Waals surface area contributed by atoms with Gasteiger partial charge in [0.15, 0.2) is 0 Å². The quantitative estimate of drug-likeness (QED) is 0.671. The number of rotatable bonds is 4. The van der Waals surface area contributed by atoms with Crippen molar-refractivity contribution >= 4 is 0 Å². The molecule has 1 aliphatic rings. The SMILES string of the molecule is CC(O)CCCN1CCOCC1. The number of aliphatic hydroxyl groups excluding tert-OH is 1. The third kappa shape index (κ3) is 4.04. The van der Waals surface area contributed by atoms with Gasteiger partial charge >= 0.3 is 0 Å². The minimum Gasteiger partial charge on any atom is -0.393 e. The summed E-state index contributed by atoms with van der Waals surface area (Å²) in [7, 11) is 0. The topological polar surface area (TPSA) is 32.7 Å². The average molecular weight is 173 g/mol. The molecule has 1 unspecified atom stereocenters. The molecule has 12 heavy (non-hydrogen) atoms. The van der Waals surface area contributed by atoms with Crippen molar-refractivity contribution in [3.05, 3.63) is 0 Å². The fraction of sp³-hybridized carbons (Fsp3) is 1.00. The molecule has 3 heteroatoms. The summed E-state index contributed by atoms with van der Waals surface area (Å²) < 4.78 is 5.24. The maximum atomic E-state index is 9.04. The van der Waals surface area contributed by atoms with Gasteiger partial charge in [-0.15, -0.1) is 0 Å². The molecule has 72 valence electrons. The molecular weight excluding hydrogens is 154 g/mol. The maximum Gasteiger partial charge on any atom is 0.0594 e. The van der Waals surface area contributed by atoms with Crippen LogP contribution >= 0.6 is 0 Å². The van der Waals surface area contributed by atoms with Gasteiger partial charge in [-0.25, -0.2) is 0 Å². The molecule has 1 aliphatic heterocycles. The van der Waals surface area contributed by atoms with Crippen LogP contribution in [0.2, 0.25) is 0 Å². The smallest absolute Gasteiger partial charge is 0.0594 e. The molecule has 0 aliphatic carbocycles. The monoisotopic (exact) mass is 173 g/mol. The van der Waals surface area contributed by atoms with E-state index in [0.717, 1.165) is 45.7 Å². The van der Waals surface area contributed by atoms with Gasteiger partial charge in [0.2, 0.25) is 0 Å². The Labute approximate surface area is 74.3 Å². The largest absolute Gasteiger partial charge is 0.393 e. The molecule has 0 aromatic heterocycles. The van der Waals surface area contributed by atoms with Gasteiger partial charge < -0.3 is 9.84 Å². The van der Waals surface area contributed by atoms with Gasteiger partial charge in [-0.2, -0.15) is 0 Å². The summed E-state index contributed by atoms with van der Waals surface area (Å²) in [6.07, 6.45) is 1.86. The third-order valence-corrected chi connectivity index (χ3v) is 2.20. The van der Waals surface area contributed by atoms with Crippen LogP contribution < -0.4 is 0 Å². The molecule has 0 amide bonds. The zero-order chi connectivity index (χ0) is 8.81. The molecule has 1 rings (SSSR count). The van der Waals surface area contributed by atoms with E-state index in [2.05, 4.69) is 4.90 Å². The highest BCUT2D eigenvalue weighted by atomic mass is 16.5. The lowest BCUT2D eigenvalue weighted by Gasteiger charge is -2.26. The standard InChI is InChI=1S/C9H19NO2/c1-9(11)3-2-4-10-5-7-12-8-6-10/h9,11H,2-8H2,1H3. The molecule has 1 fully saturated rings. The van der Waals surface area contributed by atoms with Crippen molar-refractivity contribution in [2.45, 2.75) is 25.9 Å². The third-order valence-electron chi connectivity index (χ3n) is 2.20. The van der Waals surface area contributed by atoms with Crippen LogP contribution in [-0.4, -0.2) is 49.0 Å². The number of aliphatic hydroxyl groups is 1. The molecule has 0 saturated carbocycles. The van der Waals surface area contributed by atoms with Gasteiger partial charge in [-0.1, -0.05) is 0 Å². The van der Waals surface area contributed by atoms with Crippen molar-refractivity contribution in [2.75, 3.05) is 32.8 Å². The van der Waals surface area contributed by atoms with E-state index >= 15 is 0 Å². The van der Waals surface area contributed by atoms with E-state index in [4.69, 9.17) is 9.84 Å². The van der Waals surface area contributed by atoms with Crippen LogP contribution in [0.25, 0.3) is 0 Å². The molecule has 0 aromatic rings. The Kier molecular flexibility index (Phi) is 4.58. The van der Waals surface area contributed by atoms with Crippen molar-refractivity contribution < 1.29 is 9.84 Å². The van der Waals surface area contributed by atoms with Crippen molar-refractivity contribution in [3.8, 4) is 0 Å². The second kappa shape index (κ2) is 5.51. The first-order valence-electron chi connectivity index (χ1n) is 4.77. The predicted octanol–water partition coefficient (Wildman–Crippen LogP) is 0.480. The van der Waals surface area contributed by atoms with Crippen LogP contribution in [0.1, 0.15) is 19.8 Å². The van der Waals surface area contributed by atoms with Gasteiger partial charge in [0.25, 0.3) is 0 Å². The summed E-state index contributed by atoms with van der Waals surface area (Å²) >= 11 is 0. The van der Waals surface area contributed by atoms with E-state index < -0.39 is 0 Å². The predicted molar refractivity (Wildman–Crippen MR) is 48.2 cm³/mol. The second-order valence-corrected chi connectivity index (χ2v) is 3.45. The lowest BCUT2D eigenvalue weighted by molar-refractivity contribution is 0.0356. The van der Waals surface area contributed by atoms with Gasteiger partial charge in [0, 0.05) is 13.1 Å². The molecule has 0 aromatic carbocycles. The van der Waals surface area contributed by atoms with Gasteiger partial charge in [0.1, 0.15) is 0 Å². The second-order valence-electron chi connectivity index (χ2n) is 3.45. The Morgan fingerprint density at radius 3 is 2.67 bits per heavy atom. The summed E-state index contributed by atoms with van der Waals surface area (Å²) in [6.45, 7) is 6.80. The van der Waals surface area contributed by atoms with Crippen LogP contribution in [0.3, 0.4) is 0 Å². The summed E-state index contributed by atoms with van der Waals surface area (Å²) in [5.41, 5.74) is 0. The lowest BCUT2D eigenvalue weighted by Crippen LogP contribution is -2.37. The highest BCUT2D eigenvalue weighted by molar-refractivity contribution is 4.62. The van der Waals surface area contributed by atoms with Gasteiger partial charge in [-0.3, -0.25) is 4.90 Å². The van der Waals surface area contributed by atoms with E-state index in [-0.39, 0.29) is 6.10 Å². The Balaban J connectivity index is 1.98. The normalized spacial score (nSPS) is 22.5. The van der Waals surface area contributed by atoms with E-state index in [1.807, 2.05) is 6.92 Å². The Bertz CT molecular complexity index is 111. The van der Waals surface area contributed by atoms with Crippen LogP contribution in [0, 0.1) is 0 Å². The fourth-order valence-electron chi connectivity index (χ4n) is 1.44. The average Bonchev–Trinajstić information content (AvgIpc) is 2.05. The van der Waals surface area contributed by atoms with Crippen molar-refractivity contribution in [1.29, 1.82) is 0 Å². The number of hydrogen-bond donors (Lipinski definition) is 1. The van der Waals surface area contributed by atoms with E-state index in [0.29, 0.717) is 0 Å². The van der Waals surface area contributed by atoms with Crippen LogP contribution in [0.15, 0.2) is 0 Å². The van der Waals surface area contributed by atoms with Crippen LogP contribution in [0.5, 0.6) is 0 Å². The molecular formula is C9H19NO2. The molecule has 0 bridgehead atoms. The van der Waals surface area contributed by atoms with Crippen LogP contribution in [-0.2, 0) is 4.74 Å². The van der Waals surface area contributed by atoms with Crippen molar-refractivity contribution in [3.63, 3.8) is 0 Å². The highest BCUT2D eigenvalue weighted by Gasteiger charge is 2.09. The maximum absolute atomic E-state index is 9.04. The Hall–Kier alpha value is -0.120. The molecule has 1 N–H and O–H groups in total. The Morgan fingerprint density at radius 1 is 1.42 bits per heavy atom. The number of nitrogens with zero attached hydrogens (tertiary/aromatic N) is 1. The first-order valence-corrected chi connectivity index (χ1v) is 4.77. The van der Waals surface area contributed by atoms with E-state index in [1.54, 1.807) is 0 Å². The van der Waals surface area contributed by atoms with Gasteiger partial charge in [0.05, 0.1) is 19.3 Å². The summed E-state index contributed by atoms with van der Waals surface area (Å²) in [6, 6.07) is 0. The minimum absolute atomic E-state index is 0.147. The molecule has 3 nitrogen and oxygen atoms in total. The minimum atomic E-state index is -0.147. The molecule has 1 heterocycles. The number of hydrogen-bond acceptors (Lipinski definition) is 3. The highest BCUT2D eigenvalue weighted by Crippen LogP contribution is 2.01. The molecule has 1 atom stereocenters. The molecule has 0 spiro atoms. The zero-order valence-corrected chi connectivity index (χ0v) is 7.83. The fourth-order valence-corrected chi connectivity index (χ4v) is 1.44. The van der Waals surface area contributed by atoms with Crippen molar-refractivity contribution in [1.82, 2.24) is 4.90 Å². The number of ether oxygens (including phenoxy) is 1. The van der Waals surface area contributed by atoms with Crippen LogP contribution in [0.4, 0.5) is 0 Å². The zero-order valence-electron chi connectivity index (χ0n) is 7.83. The summed E-state index contributed by atoms with van der Waals surface area (Å²) in [5, 5.41) is 9.04. The summed E-state index contributed by atoms with van der Waals surface area (Å²) in [4.78, 5) is 2.39. The first kappa shape index (κ1) is 9.96. The van der Waals surface area contributed by atoms with E-state index in [1.165, 1.54) is 0 Å². The van der Waals surface area contributed by atoms with Crippen molar-refractivity contribution in [2.24, 2.45) is 0 Å². The number of morpholine rings is 1. The van der Waals surface area contributed by atoms with E-state index in [9.17, 15) is 0 Å². The first-order chi connectivity index (χ1) is 5.79. The lowest BCUT2D eigenvalue weighted by atomic mass is 10.2. The van der Waals surface area contributed by atoms with Gasteiger partial charge in [-0.05, 0) is 26.3 Å². The summed E-state index contributed by atoms with van der Waals surface area (Å²) in [5.74, 6) is 0.